The fourth-order valence-corrected chi connectivity index (χ4v) is 3.42. The smallest absolute Gasteiger partial charge is 0.247 e. The Hall–Kier alpha value is -1.41. The summed E-state index contributed by atoms with van der Waals surface area (Å²) in [5.74, 6) is 0.701. The molecule has 0 fully saturated rings. The third-order valence-corrected chi connectivity index (χ3v) is 4.50. The van der Waals surface area contributed by atoms with Crippen LogP contribution in [0, 0.1) is 13.8 Å². The van der Waals surface area contributed by atoms with E-state index in [0.29, 0.717) is 11.4 Å². The van der Waals surface area contributed by atoms with Crippen molar-refractivity contribution in [3.8, 4) is 0 Å². The first-order chi connectivity index (χ1) is 8.79. The lowest BCUT2D eigenvalue weighted by atomic mass is 10.2. The van der Waals surface area contributed by atoms with Gasteiger partial charge in [-0.15, -0.1) is 0 Å². The van der Waals surface area contributed by atoms with Crippen molar-refractivity contribution in [1.82, 2.24) is 14.8 Å². The van der Waals surface area contributed by atoms with E-state index in [0.717, 1.165) is 4.47 Å². The molecule has 1 heterocycles. The molecule has 0 aliphatic rings. The van der Waals surface area contributed by atoms with Crippen molar-refractivity contribution < 1.29 is 8.42 Å². The number of aromatic nitrogens is 3. The molecule has 1 N–H and O–H groups in total. The average molecular weight is 345 g/mol. The molecule has 0 aliphatic carbocycles. The lowest BCUT2D eigenvalue weighted by molar-refractivity contribution is 0.599. The number of hydrogen-bond donors (Lipinski definition) is 1. The number of rotatable bonds is 3. The second kappa shape index (κ2) is 4.93. The van der Waals surface area contributed by atoms with Gasteiger partial charge in [-0.25, -0.2) is 17.8 Å². The van der Waals surface area contributed by atoms with E-state index < -0.39 is 10.0 Å². The Morgan fingerprint density at radius 3 is 2.53 bits per heavy atom. The molecule has 0 radical (unpaired) electrons. The third kappa shape index (κ3) is 2.95. The van der Waals surface area contributed by atoms with Crippen LogP contribution in [0.5, 0.6) is 0 Å². The second-order valence-electron chi connectivity index (χ2n) is 4.12. The highest BCUT2D eigenvalue weighted by molar-refractivity contribution is 9.10. The fraction of sp³-hybridized carbons (Fsp3) is 0.273. The zero-order valence-corrected chi connectivity index (χ0v) is 13.1. The monoisotopic (exact) mass is 344 g/mol. The number of sulfonamides is 1. The summed E-state index contributed by atoms with van der Waals surface area (Å²) in [6.45, 7) is 3.43. The molecule has 0 unspecified atom stereocenters. The summed E-state index contributed by atoms with van der Waals surface area (Å²) in [5, 5.41) is 4.00. The first kappa shape index (κ1) is 14.0. The van der Waals surface area contributed by atoms with Crippen LogP contribution in [0.25, 0.3) is 0 Å². The minimum absolute atomic E-state index is 0.194. The van der Waals surface area contributed by atoms with E-state index in [1.807, 2.05) is 0 Å². The molecule has 2 rings (SSSR count). The van der Waals surface area contributed by atoms with Crippen molar-refractivity contribution in [2.45, 2.75) is 18.7 Å². The molecule has 1 aromatic heterocycles. The summed E-state index contributed by atoms with van der Waals surface area (Å²) < 4.78 is 29.2. The van der Waals surface area contributed by atoms with Gasteiger partial charge in [0.05, 0.1) is 4.90 Å². The number of benzene rings is 1. The quantitative estimate of drug-likeness (QED) is 0.923. The Kier molecular flexibility index (Phi) is 3.64. The third-order valence-electron chi connectivity index (χ3n) is 2.52. The molecule has 0 saturated heterocycles. The summed E-state index contributed by atoms with van der Waals surface area (Å²) in [6.07, 6.45) is 0. The van der Waals surface area contributed by atoms with Gasteiger partial charge >= 0.3 is 0 Å². The van der Waals surface area contributed by atoms with Gasteiger partial charge in [0.1, 0.15) is 5.82 Å². The number of nitrogens with one attached hydrogen (secondary N) is 1. The predicted molar refractivity (Wildman–Crippen MR) is 75.4 cm³/mol. The van der Waals surface area contributed by atoms with Crippen molar-refractivity contribution in [3.63, 3.8) is 0 Å². The van der Waals surface area contributed by atoms with Gasteiger partial charge in [0.25, 0.3) is 10.0 Å². The van der Waals surface area contributed by atoms with Gasteiger partial charge < -0.3 is 0 Å². The van der Waals surface area contributed by atoms with Gasteiger partial charge in [0, 0.05) is 11.5 Å². The largest absolute Gasteiger partial charge is 0.264 e. The SMILES string of the molecule is Cc1nc(NS(=O)(=O)c2ccc(Br)cc2C)n(C)n1. The van der Waals surface area contributed by atoms with Crippen LogP contribution in [0.2, 0.25) is 0 Å². The molecule has 0 aliphatic heterocycles. The number of nitrogens with zero attached hydrogens (tertiary/aromatic N) is 3. The average Bonchev–Trinajstić information content (AvgIpc) is 2.55. The Bertz CT molecular complexity index is 724. The van der Waals surface area contributed by atoms with E-state index in [-0.39, 0.29) is 10.8 Å². The topological polar surface area (TPSA) is 76.9 Å². The normalized spacial score (nSPS) is 11.6. The Labute approximate surface area is 120 Å². The van der Waals surface area contributed by atoms with Gasteiger partial charge in [-0.2, -0.15) is 10.1 Å². The van der Waals surface area contributed by atoms with E-state index in [1.165, 1.54) is 4.68 Å². The highest BCUT2D eigenvalue weighted by atomic mass is 79.9. The van der Waals surface area contributed by atoms with Gasteiger partial charge in [0.2, 0.25) is 5.95 Å². The molecule has 0 saturated carbocycles. The number of hydrogen-bond acceptors (Lipinski definition) is 4. The summed E-state index contributed by atoms with van der Waals surface area (Å²) in [5.41, 5.74) is 0.653. The number of aryl methyl sites for hydroxylation is 3. The first-order valence-corrected chi connectivity index (χ1v) is 7.74. The number of anilines is 1. The van der Waals surface area contributed by atoms with Crippen LogP contribution < -0.4 is 4.72 Å². The predicted octanol–water partition coefficient (Wildman–Crippen LogP) is 2.00. The Morgan fingerprint density at radius 2 is 2.00 bits per heavy atom. The molecular weight excluding hydrogens is 332 g/mol. The molecule has 102 valence electrons. The van der Waals surface area contributed by atoms with Crippen molar-refractivity contribution in [2.75, 3.05) is 4.72 Å². The van der Waals surface area contributed by atoms with Crippen LogP contribution >= 0.6 is 15.9 Å². The van der Waals surface area contributed by atoms with Crippen molar-refractivity contribution in [2.24, 2.45) is 7.05 Å². The van der Waals surface area contributed by atoms with E-state index >= 15 is 0 Å². The first-order valence-electron chi connectivity index (χ1n) is 5.46. The van der Waals surface area contributed by atoms with Gasteiger partial charge in [-0.3, -0.25) is 0 Å². The minimum Gasteiger partial charge on any atom is -0.247 e. The van der Waals surface area contributed by atoms with Gasteiger partial charge in [-0.1, -0.05) is 15.9 Å². The summed E-state index contributed by atoms with van der Waals surface area (Å²) in [7, 11) is -2.03. The Morgan fingerprint density at radius 1 is 1.32 bits per heavy atom. The zero-order valence-electron chi connectivity index (χ0n) is 10.7. The summed E-state index contributed by atoms with van der Waals surface area (Å²) in [6, 6.07) is 4.98. The van der Waals surface area contributed by atoms with Crippen molar-refractivity contribution >= 4 is 31.9 Å². The van der Waals surface area contributed by atoms with Crippen LogP contribution in [0.3, 0.4) is 0 Å². The lowest BCUT2D eigenvalue weighted by Crippen LogP contribution is -2.17. The maximum Gasteiger partial charge on any atom is 0.264 e. The molecule has 19 heavy (non-hydrogen) atoms. The lowest BCUT2D eigenvalue weighted by Gasteiger charge is -2.09. The van der Waals surface area contributed by atoms with Crippen molar-refractivity contribution in [1.29, 1.82) is 0 Å². The highest BCUT2D eigenvalue weighted by Crippen LogP contribution is 2.21. The molecule has 0 spiro atoms. The van der Waals surface area contributed by atoms with Crippen LogP contribution in [-0.2, 0) is 17.1 Å². The minimum atomic E-state index is -3.66. The standard InChI is InChI=1S/C11H13BrN4O2S/c1-7-6-9(12)4-5-10(7)19(17,18)15-11-13-8(2)14-16(11)3/h4-6H,1-3H3,(H,13,14,15). The summed E-state index contributed by atoms with van der Waals surface area (Å²) in [4.78, 5) is 4.24. The molecule has 1 aromatic carbocycles. The molecule has 0 bridgehead atoms. The maximum atomic E-state index is 12.3. The van der Waals surface area contributed by atoms with Crippen LogP contribution in [0.15, 0.2) is 27.6 Å². The zero-order chi connectivity index (χ0) is 14.2. The van der Waals surface area contributed by atoms with E-state index in [9.17, 15) is 8.42 Å². The summed E-state index contributed by atoms with van der Waals surface area (Å²) >= 11 is 3.30. The molecule has 0 atom stereocenters. The van der Waals surface area contributed by atoms with Gasteiger partial charge in [0.15, 0.2) is 0 Å². The van der Waals surface area contributed by atoms with Crippen molar-refractivity contribution in [3.05, 3.63) is 34.1 Å². The van der Waals surface area contributed by atoms with E-state index in [2.05, 4.69) is 30.7 Å². The van der Waals surface area contributed by atoms with Gasteiger partial charge in [-0.05, 0) is 37.6 Å². The molecule has 0 amide bonds. The molecule has 6 nitrogen and oxygen atoms in total. The molecule has 2 aromatic rings. The Balaban J connectivity index is 2.40. The van der Waals surface area contributed by atoms with E-state index in [4.69, 9.17) is 0 Å². The van der Waals surface area contributed by atoms with Crippen LogP contribution in [0.1, 0.15) is 11.4 Å². The van der Waals surface area contributed by atoms with Crippen LogP contribution in [-0.4, -0.2) is 23.2 Å². The van der Waals surface area contributed by atoms with Crippen LogP contribution in [0.4, 0.5) is 5.95 Å². The highest BCUT2D eigenvalue weighted by Gasteiger charge is 2.19. The second-order valence-corrected chi connectivity index (χ2v) is 6.69. The molecular formula is C11H13BrN4O2S. The number of halogens is 1. The maximum absolute atomic E-state index is 12.3. The molecule has 8 heteroatoms. The van der Waals surface area contributed by atoms with E-state index in [1.54, 1.807) is 39.1 Å². The fourth-order valence-electron chi connectivity index (χ4n) is 1.69.